The minimum atomic E-state index is -0.561. The first-order valence-corrected chi connectivity index (χ1v) is 5.10. The first-order chi connectivity index (χ1) is 6.15. The molecule has 0 fully saturated rings. The molecular formula is C9H11BrClNO. The van der Waals surface area contributed by atoms with E-state index in [1.165, 1.54) is 0 Å². The fourth-order valence-electron chi connectivity index (χ4n) is 1.01. The van der Waals surface area contributed by atoms with Crippen LogP contribution < -0.4 is 4.84 Å². The molecule has 72 valence electrons. The molecule has 0 aliphatic carbocycles. The number of halogens is 2. The second kappa shape index (κ2) is 4.96. The summed E-state index contributed by atoms with van der Waals surface area (Å²) in [6.07, 6.45) is -0.561. The second-order valence-corrected chi connectivity index (χ2v) is 3.98. The lowest BCUT2D eigenvalue weighted by Crippen LogP contribution is -2.12. The van der Waals surface area contributed by atoms with Crippen molar-refractivity contribution in [3.05, 3.63) is 33.8 Å². The van der Waals surface area contributed by atoms with Crippen molar-refractivity contribution in [2.45, 2.75) is 13.0 Å². The molecule has 1 aromatic carbocycles. The largest absolute Gasteiger partial charge is 0.387 e. The molecule has 0 unspecified atom stereocenters. The molecule has 0 heterocycles. The van der Waals surface area contributed by atoms with E-state index in [2.05, 4.69) is 20.8 Å². The zero-order chi connectivity index (χ0) is 9.84. The third kappa shape index (κ3) is 2.95. The van der Waals surface area contributed by atoms with Crippen molar-refractivity contribution in [2.75, 3.05) is 6.54 Å². The van der Waals surface area contributed by atoms with Gasteiger partial charge in [0.15, 0.2) is 0 Å². The number of hydrogen-bond acceptors (Lipinski definition) is 2. The van der Waals surface area contributed by atoms with Gasteiger partial charge in [0.25, 0.3) is 0 Å². The number of nitrogens with one attached hydrogen (secondary N) is 1. The number of aliphatic hydroxyl groups excluding tert-OH is 1. The Morgan fingerprint density at radius 2 is 2.31 bits per heavy atom. The SMILES string of the molecule is Cc1ccc([C@H](O)CNCl)cc1Br. The van der Waals surface area contributed by atoms with Gasteiger partial charge >= 0.3 is 0 Å². The van der Waals surface area contributed by atoms with Crippen LogP contribution in [0.15, 0.2) is 22.7 Å². The average Bonchev–Trinajstić information content (AvgIpc) is 2.10. The molecule has 2 N–H and O–H groups in total. The lowest BCUT2D eigenvalue weighted by atomic mass is 10.1. The predicted octanol–water partition coefficient (Wildman–Crippen LogP) is 2.53. The summed E-state index contributed by atoms with van der Waals surface area (Å²) >= 11 is 8.70. The Balaban J connectivity index is 2.84. The summed E-state index contributed by atoms with van der Waals surface area (Å²) < 4.78 is 0.999. The van der Waals surface area contributed by atoms with Gasteiger partial charge in [-0.25, -0.2) is 4.84 Å². The summed E-state index contributed by atoms with van der Waals surface area (Å²) in [6, 6.07) is 5.74. The summed E-state index contributed by atoms with van der Waals surface area (Å²) in [5.74, 6) is 0. The van der Waals surface area contributed by atoms with Gasteiger partial charge in [0, 0.05) is 11.0 Å². The van der Waals surface area contributed by atoms with Crippen LogP contribution in [-0.2, 0) is 0 Å². The van der Waals surface area contributed by atoms with Crippen molar-refractivity contribution >= 4 is 27.7 Å². The van der Waals surface area contributed by atoms with Gasteiger partial charge in [0.1, 0.15) is 0 Å². The molecule has 2 nitrogen and oxygen atoms in total. The van der Waals surface area contributed by atoms with Crippen LogP contribution in [0, 0.1) is 6.92 Å². The Bertz CT molecular complexity index is 293. The van der Waals surface area contributed by atoms with Crippen LogP contribution >= 0.6 is 27.7 Å². The van der Waals surface area contributed by atoms with E-state index >= 15 is 0 Å². The molecular weight excluding hydrogens is 253 g/mol. The Morgan fingerprint density at radius 1 is 1.62 bits per heavy atom. The van der Waals surface area contributed by atoms with Gasteiger partial charge in [-0.3, -0.25) is 0 Å². The predicted molar refractivity (Wildman–Crippen MR) is 57.7 cm³/mol. The molecule has 0 aliphatic heterocycles. The maximum atomic E-state index is 9.57. The third-order valence-corrected chi connectivity index (χ3v) is 2.86. The quantitative estimate of drug-likeness (QED) is 0.822. The molecule has 0 bridgehead atoms. The Morgan fingerprint density at radius 3 is 2.85 bits per heavy atom. The van der Waals surface area contributed by atoms with E-state index in [0.29, 0.717) is 6.54 Å². The van der Waals surface area contributed by atoms with E-state index in [0.717, 1.165) is 15.6 Å². The smallest absolute Gasteiger partial charge is 0.0927 e. The van der Waals surface area contributed by atoms with E-state index in [4.69, 9.17) is 11.8 Å². The van der Waals surface area contributed by atoms with Gasteiger partial charge in [-0.05, 0) is 35.9 Å². The number of hydrogen-bond donors (Lipinski definition) is 2. The van der Waals surface area contributed by atoms with E-state index in [1.807, 2.05) is 25.1 Å². The normalized spacial score (nSPS) is 12.9. The average molecular weight is 265 g/mol. The van der Waals surface area contributed by atoms with Crippen LogP contribution in [0.25, 0.3) is 0 Å². The highest BCUT2D eigenvalue weighted by Crippen LogP contribution is 2.21. The molecule has 0 aliphatic rings. The van der Waals surface area contributed by atoms with E-state index < -0.39 is 6.10 Å². The highest BCUT2D eigenvalue weighted by atomic mass is 79.9. The van der Waals surface area contributed by atoms with E-state index in [1.54, 1.807) is 0 Å². The zero-order valence-corrected chi connectivity index (χ0v) is 9.56. The third-order valence-electron chi connectivity index (χ3n) is 1.85. The molecule has 1 aromatic rings. The van der Waals surface area contributed by atoms with Crippen LogP contribution in [0.5, 0.6) is 0 Å². The van der Waals surface area contributed by atoms with Crippen LogP contribution in [0.4, 0.5) is 0 Å². The van der Waals surface area contributed by atoms with Gasteiger partial charge in [0.05, 0.1) is 6.10 Å². The molecule has 0 saturated carbocycles. The maximum Gasteiger partial charge on any atom is 0.0927 e. The molecule has 0 amide bonds. The van der Waals surface area contributed by atoms with Crippen molar-refractivity contribution in [2.24, 2.45) is 0 Å². The fraction of sp³-hybridized carbons (Fsp3) is 0.333. The Labute approximate surface area is 91.2 Å². The van der Waals surface area contributed by atoms with Crippen molar-refractivity contribution in [1.29, 1.82) is 0 Å². The van der Waals surface area contributed by atoms with Crippen molar-refractivity contribution in [3.8, 4) is 0 Å². The molecule has 0 spiro atoms. The van der Waals surface area contributed by atoms with Crippen LogP contribution in [0.1, 0.15) is 17.2 Å². The summed E-state index contributed by atoms with van der Waals surface area (Å²) in [5.41, 5.74) is 2.00. The molecule has 4 heteroatoms. The Hall–Kier alpha value is -0.0900. The lowest BCUT2D eigenvalue weighted by Gasteiger charge is -2.10. The number of aryl methyl sites for hydroxylation is 1. The number of rotatable bonds is 3. The summed E-state index contributed by atoms with van der Waals surface area (Å²) in [7, 11) is 0. The highest BCUT2D eigenvalue weighted by molar-refractivity contribution is 9.10. The summed E-state index contributed by atoms with van der Waals surface area (Å²) in [5, 5.41) is 9.57. The first kappa shape index (κ1) is 11.0. The maximum absolute atomic E-state index is 9.57. The fourth-order valence-corrected chi connectivity index (χ4v) is 1.55. The molecule has 13 heavy (non-hydrogen) atoms. The van der Waals surface area contributed by atoms with Gasteiger partial charge in [-0.1, -0.05) is 28.1 Å². The van der Waals surface area contributed by atoms with Crippen molar-refractivity contribution < 1.29 is 5.11 Å². The summed E-state index contributed by atoms with van der Waals surface area (Å²) in [6.45, 7) is 2.34. The van der Waals surface area contributed by atoms with Crippen molar-refractivity contribution in [1.82, 2.24) is 4.84 Å². The highest BCUT2D eigenvalue weighted by Gasteiger charge is 2.07. The monoisotopic (exact) mass is 263 g/mol. The standard InChI is InChI=1S/C9H11BrClNO/c1-6-2-3-7(4-8(6)10)9(13)5-12-11/h2-4,9,12-13H,5H2,1H3/t9-/m1/s1. The second-order valence-electron chi connectivity index (χ2n) is 2.86. The minimum absolute atomic E-state index is 0.344. The molecule has 0 radical (unpaired) electrons. The molecule has 1 atom stereocenters. The molecule has 1 rings (SSSR count). The van der Waals surface area contributed by atoms with E-state index in [-0.39, 0.29) is 0 Å². The van der Waals surface area contributed by atoms with Crippen molar-refractivity contribution in [3.63, 3.8) is 0 Å². The Kier molecular flexibility index (Phi) is 4.19. The number of benzene rings is 1. The zero-order valence-electron chi connectivity index (χ0n) is 7.22. The van der Waals surface area contributed by atoms with Crippen LogP contribution in [0.2, 0.25) is 0 Å². The first-order valence-electron chi connectivity index (χ1n) is 3.92. The minimum Gasteiger partial charge on any atom is -0.387 e. The van der Waals surface area contributed by atoms with Crippen LogP contribution in [0.3, 0.4) is 0 Å². The van der Waals surface area contributed by atoms with Gasteiger partial charge < -0.3 is 5.11 Å². The molecule has 0 saturated heterocycles. The summed E-state index contributed by atoms with van der Waals surface area (Å²) in [4.78, 5) is 2.41. The molecule has 0 aromatic heterocycles. The van der Waals surface area contributed by atoms with Gasteiger partial charge in [0.2, 0.25) is 0 Å². The van der Waals surface area contributed by atoms with E-state index in [9.17, 15) is 5.11 Å². The van der Waals surface area contributed by atoms with Crippen LogP contribution in [-0.4, -0.2) is 11.7 Å². The number of aliphatic hydroxyl groups is 1. The topological polar surface area (TPSA) is 32.3 Å². The van der Waals surface area contributed by atoms with Gasteiger partial charge in [-0.2, -0.15) is 0 Å². The van der Waals surface area contributed by atoms with Gasteiger partial charge in [-0.15, -0.1) is 0 Å². The lowest BCUT2D eigenvalue weighted by molar-refractivity contribution is 0.182.